The summed E-state index contributed by atoms with van der Waals surface area (Å²) < 4.78 is 46.1. The van der Waals surface area contributed by atoms with Gasteiger partial charge in [-0.25, -0.2) is 4.39 Å². The van der Waals surface area contributed by atoms with E-state index in [4.69, 9.17) is 4.74 Å². The first kappa shape index (κ1) is 18.7. The number of alkyl halides is 2. The lowest BCUT2D eigenvalue weighted by Gasteiger charge is -2.47. The number of morpholine rings is 1. The molecule has 1 aromatic rings. The zero-order chi connectivity index (χ0) is 18.9. The molecule has 1 aromatic carbocycles. The molecule has 2 fully saturated rings. The van der Waals surface area contributed by atoms with Crippen LogP contribution in [0.4, 0.5) is 18.9 Å². The highest BCUT2D eigenvalue weighted by atomic mass is 19.3. The minimum atomic E-state index is -3.35. The Labute approximate surface area is 149 Å². The Morgan fingerprint density at radius 3 is 2.42 bits per heavy atom. The van der Waals surface area contributed by atoms with Crippen LogP contribution in [0.25, 0.3) is 0 Å². The predicted molar refractivity (Wildman–Crippen MR) is 88.5 cm³/mol. The topological polar surface area (TPSA) is 49.9 Å². The van der Waals surface area contributed by atoms with Crippen molar-refractivity contribution in [3.63, 3.8) is 0 Å². The molecule has 0 aliphatic carbocycles. The molecule has 3 rings (SSSR count). The summed E-state index contributed by atoms with van der Waals surface area (Å²) in [6.45, 7) is 1.71. The molecule has 2 saturated heterocycles. The third-order valence-electron chi connectivity index (χ3n) is 5.11. The van der Waals surface area contributed by atoms with Gasteiger partial charge >= 0.3 is 5.92 Å². The lowest BCUT2D eigenvalue weighted by atomic mass is 9.88. The number of benzene rings is 1. The van der Waals surface area contributed by atoms with Crippen molar-refractivity contribution in [2.75, 3.05) is 31.1 Å². The van der Waals surface area contributed by atoms with E-state index < -0.39 is 29.7 Å². The Hall–Kier alpha value is -2.09. The number of hydrogen-bond donors (Lipinski definition) is 0. The van der Waals surface area contributed by atoms with Gasteiger partial charge in [-0.3, -0.25) is 9.59 Å². The maximum absolute atomic E-state index is 13.6. The van der Waals surface area contributed by atoms with E-state index in [-0.39, 0.29) is 32.1 Å². The van der Waals surface area contributed by atoms with Crippen molar-refractivity contribution in [3.05, 3.63) is 30.1 Å². The van der Waals surface area contributed by atoms with E-state index in [1.54, 1.807) is 0 Å². The van der Waals surface area contributed by atoms with Crippen molar-refractivity contribution < 1.29 is 27.5 Å². The normalized spacial score (nSPS) is 20.5. The molecule has 0 bridgehead atoms. The summed E-state index contributed by atoms with van der Waals surface area (Å²) >= 11 is 0. The van der Waals surface area contributed by atoms with E-state index in [1.807, 2.05) is 0 Å². The van der Waals surface area contributed by atoms with Crippen molar-refractivity contribution in [1.82, 2.24) is 4.90 Å². The van der Waals surface area contributed by atoms with Gasteiger partial charge < -0.3 is 14.5 Å². The maximum atomic E-state index is 13.6. The minimum Gasteiger partial charge on any atom is -0.363 e. The molecule has 0 unspecified atom stereocenters. The minimum absolute atomic E-state index is 0.129. The highest BCUT2D eigenvalue weighted by Gasteiger charge is 2.47. The molecule has 5 nitrogen and oxygen atoms in total. The number of rotatable bonds is 3. The van der Waals surface area contributed by atoms with E-state index >= 15 is 0 Å². The van der Waals surface area contributed by atoms with Crippen molar-refractivity contribution in [2.24, 2.45) is 0 Å². The van der Waals surface area contributed by atoms with E-state index in [9.17, 15) is 22.8 Å². The van der Waals surface area contributed by atoms with Crippen LogP contribution in [0.2, 0.25) is 0 Å². The van der Waals surface area contributed by atoms with Crippen LogP contribution >= 0.6 is 0 Å². The molecule has 26 heavy (non-hydrogen) atoms. The van der Waals surface area contributed by atoms with Crippen LogP contribution < -0.4 is 4.90 Å². The van der Waals surface area contributed by atoms with Crippen LogP contribution in [0.1, 0.15) is 26.2 Å². The van der Waals surface area contributed by atoms with E-state index in [2.05, 4.69) is 0 Å². The van der Waals surface area contributed by atoms with Gasteiger partial charge in [-0.15, -0.1) is 0 Å². The van der Waals surface area contributed by atoms with E-state index in [0.717, 1.165) is 4.90 Å². The van der Waals surface area contributed by atoms with Crippen LogP contribution in [0.3, 0.4) is 0 Å². The number of hydrogen-bond acceptors (Lipinski definition) is 3. The summed E-state index contributed by atoms with van der Waals surface area (Å²) in [5.74, 6) is -5.14. The van der Waals surface area contributed by atoms with Gasteiger partial charge in [0.05, 0.1) is 12.1 Å². The van der Waals surface area contributed by atoms with Crippen molar-refractivity contribution >= 4 is 17.5 Å². The average molecular weight is 370 g/mol. The summed E-state index contributed by atoms with van der Waals surface area (Å²) in [4.78, 5) is 26.8. The fourth-order valence-electron chi connectivity index (χ4n) is 3.37. The number of likely N-dealkylation sites (tertiary alicyclic amines) is 1. The second-order valence-corrected chi connectivity index (χ2v) is 6.78. The molecule has 2 amide bonds. The summed E-state index contributed by atoms with van der Waals surface area (Å²) in [5.41, 5.74) is -0.115. The second kappa shape index (κ2) is 6.90. The van der Waals surface area contributed by atoms with Gasteiger partial charge in [0.1, 0.15) is 12.4 Å². The highest BCUT2D eigenvalue weighted by molar-refractivity contribution is 5.95. The Morgan fingerprint density at radius 2 is 1.85 bits per heavy atom. The van der Waals surface area contributed by atoms with Gasteiger partial charge in [0, 0.05) is 25.2 Å². The lowest BCUT2D eigenvalue weighted by Crippen LogP contribution is -2.60. The third-order valence-corrected chi connectivity index (χ3v) is 5.11. The van der Waals surface area contributed by atoms with E-state index in [0.29, 0.717) is 18.5 Å². The molecule has 142 valence electrons. The number of ether oxygens (including phenoxy) is 1. The van der Waals surface area contributed by atoms with Crippen molar-refractivity contribution in [2.45, 2.75) is 37.7 Å². The summed E-state index contributed by atoms with van der Waals surface area (Å²) in [5, 5.41) is 0. The van der Waals surface area contributed by atoms with Crippen molar-refractivity contribution in [3.8, 4) is 0 Å². The number of amides is 2. The quantitative estimate of drug-likeness (QED) is 0.822. The number of piperidine rings is 1. The molecule has 1 spiro atoms. The largest absolute Gasteiger partial charge is 0.363 e. The van der Waals surface area contributed by atoms with Crippen LogP contribution in [0.15, 0.2) is 24.3 Å². The summed E-state index contributed by atoms with van der Waals surface area (Å²) in [6.07, 6.45) is 0.198. The number of halogens is 3. The zero-order valence-electron chi connectivity index (χ0n) is 14.5. The molecule has 2 heterocycles. The van der Waals surface area contributed by atoms with Gasteiger partial charge in [-0.1, -0.05) is 6.92 Å². The first-order chi connectivity index (χ1) is 12.3. The SMILES string of the molecule is CCC(F)(F)C(=O)N1CCC2(CC1)CN(c1ccc(F)cc1)C(=O)CO2. The summed E-state index contributed by atoms with van der Waals surface area (Å²) in [6, 6.07) is 5.59. The Bertz CT molecular complexity index is 685. The molecule has 0 N–H and O–H groups in total. The number of nitrogens with zero attached hydrogens (tertiary/aromatic N) is 2. The highest BCUT2D eigenvalue weighted by Crippen LogP contribution is 2.34. The maximum Gasteiger partial charge on any atom is 0.324 e. The first-order valence-electron chi connectivity index (χ1n) is 8.63. The lowest BCUT2D eigenvalue weighted by molar-refractivity contribution is -0.166. The molecule has 0 aromatic heterocycles. The van der Waals surface area contributed by atoms with Crippen LogP contribution in [0, 0.1) is 5.82 Å². The molecule has 0 saturated carbocycles. The number of carbonyl (C=O) groups is 2. The Morgan fingerprint density at radius 1 is 1.23 bits per heavy atom. The van der Waals surface area contributed by atoms with Gasteiger partial charge in [0.25, 0.3) is 11.8 Å². The Balaban J connectivity index is 1.69. The molecular weight excluding hydrogens is 349 g/mol. The van der Waals surface area contributed by atoms with Crippen molar-refractivity contribution in [1.29, 1.82) is 0 Å². The second-order valence-electron chi connectivity index (χ2n) is 6.78. The summed E-state index contributed by atoms with van der Waals surface area (Å²) in [7, 11) is 0. The monoisotopic (exact) mass is 370 g/mol. The molecule has 2 aliphatic rings. The van der Waals surface area contributed by atoms with Gasteiger partial charge in [0.15, 0.2) is 0 Å². The molecule has 0 radical (unpaired) electrons. The Kier molecular flexibility index (Phi) is 4.96. The molecule has 2 aliphatic heterocycles. The van der Waals surface area contributed by atoms with Gasteiger partial charge in [-0.2, -0.15) is 8.78 Å². The van der Waals surface area contributed by atoms with Gasteiger partial charge in [-0.05, 0) is 37.1 Å². The van der Waals surface area contributed by atoms with Gasteiger partial charge in [0.2, 0.25) is 0 Å². The number of carbonyl (C=O) groups excluding carboxylic acids is 2. The molecule has 8 heteroatoms. The third kappa shape index (κ3) is 3.56. The van der Waals surface area contributed by atoms with Crippen LogP contribution in [-0.4, -0.2) is 54.5 Å². The zero-order valence-corrected chi connectivity index (χ0v) is 14.5. The smallest absolute Gasteiger partial charge is 0.324 e. The molecule has 0 atom stereocenters. The predicted octanol–water partition coefficient (Wildman–Crippen LogP) is 2.60. The van der Waals surface area contributed by atoms with Crippen LogP contribution in [0.5, 0.6) is 0 Å². The average Bonchev–Trinajstić information content (AvgIpc) is 2.65. The number of anilines is 1. The van der Waals surface area contributed by atoms with Crippen LogP contribution in [-0.2, 0) is 14.3 Å². The fourth-order valence-corrected chi connectivity index (χ4v) is 3.37. The molecular formula is C18H21F3N2O3. The first-order valence-corrected chi connectivity index (χ1v) is 8.63. The standard InChI is InChI=1S/C18H21F3N2O3/c1-2-18(20,21)16(25)22-9-7-17(8-10-22)12-23(15(24)11-26-17)14-5-3-13(19)4-6-14/h3-6H,2,7-12H2,1H3. The fraction of sp³-hybridized carbons (Fsp3) is 0.556. The van der Waals surface area contributed by atoms with E-state index in [1.165, 1.54) is 36.1 Å².